The lowest BCUT2D eigenvalue weighted by molar-refractivity contribution is -0.211. The van der Waals surface area contributed by atoms with E-state index in [1.54, 1.807) is 0 Å². The van der Waals surface area contributed by atoms with Crippen molar-refractivity contribution in [3.8, 4) is 0 Å². The van der Waals surface area contributed by atoms with E-state index in [0.717, 1.165) is 19.3 Å². The van der Waals surface area contributed by atoms with Gasteiger partial charge in [-0.25, -0.2) is 0 Å². The summed E-state index contributed by atoms with van der Waals surface area (Å²) in [6.07, 6.45) is 2.56. The van der Waals surface area contributed by atoms with Crippen LogP contribution < -0.4 is 4.90 Å². The maximum Gasteiger partial charge on any atom is 0.111 e. The molecule has 1 aliphatic carbocycles. The Morgan fingerprint density at radius 2 is 2.00 bits per heavy atom. The van der Waals surface area contributed by atoms with Crippen LogP contribution >= 0.6 is 0 Å². The Bertz CT molecular complexity index is 723. The van der Waals surface area contributed by atoms with Crippen molar-refractivity contribution in [3.63, 3.8) is 0 Å². The molecule has 10 atom stereocenters. The van der Waals surface area contributed by atoms with Gasteiger partial charge in [-0.2, -0.15) is 0 Å². The van der Waals surface area contributed by atoms with Crippen molar-refractivity contribution in [2.75, 3.05) is 11.9 Å². The van der Waals surface area contributed by atoms with Gasteiger partial charge in [0.2, 0.25) is 0 Å². The van der Waals surface area contributed by atoms with Crippen molar-refractivity contribution >= 4 is 5.69 Å². The van der Waals surface area contributed by atoms with Gasteiger partial charge >= 0.3 is 0 Å². The number of likely N-dealkylation sites (N-methyl/N-ethyl adjacent to an activating group) is 1. The van der Waals surface area contributed by atoms with Gasteiger partial charge in [0, 0.05) is 42.1 Å². The van der Waals surface area contributed by atoms with Crippen LogP contribution in [0.1, 0.15) is 31.7 Å². The zero-order chi connectivity index (χ0) is 16.4. The minimum Gasteiger partial charge on any atom is -0.392 e. The van der Waals surface area contributed by atoms with E-state index in [0.29, 0.717) is 35.9 Å². The molecule has 2 N–H and O–H groups in total. The van der Waals surface area contributed by atoms with E-state index in [-0.39, 0.29) is 17.7 Å². The highest BCUT2D eigenvalue weighted by molar-refractivity contribution is 5.67. The Labute approximate surface area is 143 Å². The molecule has 5 fully saturated rings. The molecule has 0 aromatic heterocycles. The average molecular weight is 326 g/mol. The average Bonchev–Trinajstić information content (AvgIpc) is 2.97. The van der Waals surface area contributed by atoms with Crippen LogP contribution in [0.5, 0.6) is 0 Å². The van der Waals surface area contributed by atoms with Gasteiger partial charge in [0.1, 0.15) is 6.23 Å². The fourth-order valence-electron chi connectivity index (χ4n) is 7.88. The molecule has 5 aliphatic heterocycles. The molecule has 1 aromatic carbocycles. The van der Waals surface area contributed by atoms with E-state index in [1.165, 1.54) is 11.3 Å². The number of aliphatic hydroxyl groups is 2. The predicted octanol–water partition coefficient (Wildman–Crippen LogP) is 1.55. The van der Waals surface area contributed by atoms with E-state index < -0.39 is 0 Å². The van der Waals surface area contributed by atoms with Crippen LogP contribution in [0.25, 0.3) is 0 Å². The largest absolute Gasteiger partial charge is 0.392 e. The molecule has 4 nitrogen and oxygen atoms in total. The molecule has 7 rings (SSSR count). The first-order chi connectivity index (χ1) is 11.6. The summed E-state index contributed by atoms with van der Waals surface area (Å²) in [5.41, 5.74) is 2.51. The molecule has 1 aromatic rings. The molecule has 5 bridgehead atoms. The summed E-state index contributed by atoms with van der Waals surface area (Å²) in [4.78, 5) is 4.83. The normalized spacial score (nSPS) is 55.8. The Hall–Kier alpha value is -1.10. The van der Waals surface area contributed by atoms with Crippen molar-refractivity contribution in [1.29, 1.82) is 0 Å². The number of nitrogens with zero attached hydrogens (tertiary/aromatic N) is 2. The van der Waals surface area contributed by atoms with E-state index in [9.17, 15) is 10.2 Å². The third-order valence-corrected chi connectivity index (χ3v) is 8.46. The molecule has 4 saturated heterocycles. The molecule has 128 valence electrons. The number of rotatable bonds is 1. The molecule has 4 heteroatoms. The molecular formula is C20H26N2O2. The summed E-state index contributed by atoms with van der Waals surface area (Å²) < 4.78 is 0. The minimum absolute atomic E-state index is 0.126. The first kappa shape index (κ1) is 14.1. The Morgan fingerprint density at radius 1 is 1.21 bits per heavy atom. The lowest BCUT2D eigenvalue weighted by Crippen LogP contribution is -2.72. The highest BCUT2D eigenvalue weighted by atomic mass is 16.3. The first-order valence-corrected chi connectivity index (χ1v) is 9.57. The Kier molecular flexibility index (Phi) is 2.45. The van der Waals surface area contributed by atoms with E-state index >= 15 is 0 Å². The molecule has 4 unspecified atom stereocenters. The number of benzene rings is 1. The second-order valence-corrected chi connectivity index (χ2v) is 8.81. The first-order valence-electron chi connectivity index (χ1n) is 9.57. The topological polar surface area (TPSA) is 46.9 Å². The maximum absolute atomic E-state index is 11.6. The molecule has 1 saturated carbocycles. The van der Waals surface area contributed by atoms with E-state index in [2.05, 4.69) is 48.0 Å². The zero-order valence-corrected chi connectivity index (χ0v) is 14.3. The highest BCUT2D eigenvalue weighted by Crippen LogP contribution is 2.68. The summed E-state index contributed by atoms with van der Waals surface area (Å²) in [5, 5.41) is 22.6. The molecule has 24 heavy (non-hydrogen) atoms. The SMILES string of the molecule is CC[C@@H]1[C@@H](O)N2[C@H]3CC45c6ccccc6N(C)[C@H]4[C@@H]2C[C@H]1C3C5O. The van der Waals surface area contributed by atoms with Gasteiger partial charge in [-0.05, 0) is 36.8 Å². The van der Waals surface area contributed by atoms with Crippen LogP contribution in [0.3, 0.4) is 0 Å². The third kappa shape index (κ3) is 1.20. The Morgan fingerprint density at radius 3 is 2.79 bits per heavy atom. The summed E-state index contributed by atoms with van der Waals surface area (Å²) in [6, 6.07) is 9.70. The monoisotopic (exact) mass is 326 g/mol. The minimum atomic E-state index is -0.319. The fourth-order valence-corrected chi connectivity index (χ4v) is 7.88. The quantitative estimate of drug-likeness (QED) is 0.822. The summed E-state index contributed by atoms with van der Waals surface area (Å²) >= 11 is 0. The molecule has 0 radical (unpaired) electrons. The van der Waals surface area contributed by atoms with Gasteiger partial charge in [-0.3, -0.25) is 4.90 Å². The number of hydrogen-bond acceptors (Lipinski definition) is 4. The number of piperidine rings is 4. The fraction of sp³-hybridized carbons (Fsp3) is 0.700. The van der Waals surface area contributed by atoms with Gasteiger partial charge in [0.05, 0.1) is 12.1 Å². The number of hydrogen-bond donors (Lipinski definition) is 2. The number of fused-ring (bicyclic) bond motifs is 2. The van der Waals surface area contributed by atoms with Gasteiger partial charge in [0.25, 0.3) is 0 Å². The third-order valence-electron chi connectivity index (χ3n) is 8.46. The smallest absolute Gasteiger partial charge is 0.111 e. The lowest BCUT2D eigenvalue weighted by Gasteiger charge is -2.62. The number of aliphatic hydroxyl groups excluding tert-OH is 2. The zero-order valence-electron chi connectivity index (χ0n) is 14.3. The van der Waals surface area contributed by atoms with Crippen LogP contribution in [0.2, 0.25) is 0 Å². The van der Waals surface area contributed by atoms with Gasteiger partial charge in [-0.15, -0.1) is 0 Å². The van der Waals surface area contributed by atoms with Crippen LogP contribution in [-0.2, 0) is 5.41 Å². The molecule has 0 amide bonds. The van der Waals surface area contributed by atoms with Gasteiger partial charge < -0.3 is 15.1 Å². The summed E-state index contributed by atoms with van der Waals surface area (Å²) in [5.74, 6) is 1.14. The van der Waals surface area contributed by atoms with Crippen LogP contribution in [0.4, 0.5) is 5.69 Å². The molecular weight excluding hydrogens is 300 g/mol. The van der Waals surface area contributed by atoms with Crippen LogP contribution in [0.15, 0.2) is 24.3 Å². The van der Waals surface area contributed by atoms with Crippen molar-refractivity contribution in [3.05, 3.63) is 29.8 Å². The van der Waals surface area contributed by atoms with Gasteiger partial charge in [0.15, 0.2) is 0 Å². The number of anilines is 1. The standard InChI is InChI=1S/C20H26N2O2/c1-3-10-11-8-14-17-20(12-6-4-5-7-13(12)21(17)2)9-15(16(11)18(20)23)22(14)19(10)24/h4-7,10-11,14-19,23-24H,3,8-9H2,1-2H3/t10-,11+,14-,15-,16?,17-,18?,19+,20?/m0/s1. The maximum atomic E-state index is 11.6. The van der Waals surface area contributed by atoms with Gasteiger partial charge in [-0.1, -0.05) is 25.1 Å². The van der Waals surface area contributed by atoms with Crippen molar-refractivity contribution in [2.24, 2.45) is 17.8 Å². The van der Waals surface area contributed by atoms with E-state index in [4.69, 9.17) is 0 Å². The Balaban J connectivity index is 1.60. The second kappa shape index (κ2) is 4.17. The van der Waals surface area contributed by atoms with Crippen LogP contribution in [-0.4, -0.2) is 52.6 Å². The van der Waals surface area contributed by atoms with Crippen LogP contribution in [0, 0.1) is 17.8 Å². The van der Waals surface area contributed by atoms with Crippen molar-refractivity contribution in [2.45, 2.75) is 62.1 Å². The molecule has 1 spiro atoms. The number of para-hydroxylation sites is 1. The van der Waals surface area contributed by atoms with E-state index in [1.807, 2.05) is 0 Å². The molecule has 6 aliphatic rings. The second-order valence-electron chi connectivity index (χ2n) is 8.81. The lowest BCUT2D eigenvalue weighted by atomic mass is 9.62. The molecule has 5 heterocycles. The highest BCUT2D eigenvalue weighted by Gasteiger charge is 2.76. The summed E-state index contributed by atoms with van der Waals surface area (Å²) in [6.45, 7) is 2.19. The summed E-state index contributed by atoms with van der Waals surface area (Å²) in [7, 11) is 2.19. The van der Waals surface area contributed by atoms with Crippen molar-refractivity contribution < 1.29 is 10.2 Å². The van der Waals surface area contributed by atoms with Crippen molar-refractivity contribution in [1.82, 2.24) is 4.90 Å². The predicted molar refractivity (Wildman–Crippen MR) is 91.7 cm³/mol.